The molecular weight excluding hydrogens is 270 g/mol. The maximum atomic E-state index is 9.09. The predicted octanol–water partition coefficient (Wildman–Crippen LogP) is 3.10. The quantitative estimate of drug-likeness (QED) is 0.696. The Hall–Kier alpha value is -0.710. The van der Waals surface area contributed by atoms with Gasteiger partial charge in [0, 0.05) is 24.0 Å². The van der Waals surface area contributed by atoms with Crippen molar-refractivity contribution in [2.45, 2.75) is 26.3 Å². The van der Waals surface area contributed by atoms with Gasteiger partial charge >= 0.3 is 0 Å². The van der Waals surface area contributed by atoms with Crippen molar-refractivity contribution in [3.63, 3.8) is 0 Å². The third kappa shape index (κ3) is 5.73. The number of hydrogen-bond donors (Lipinski definition) is 2. The average molecular weight is 297 g/mol. The van der Waals surface area contributed by atoms with Crippen molar-refractivity contribution in [3.05, 3.63) is 29.8 Å². The van der Waals surface area contributed by atoms with E-state index >= 15 is 0 Å². The molecule has 0 fully saturated rings. The van der Waals surface area contributed by atoms with Gasteiger partial charge in [-0.2, -0.15) is 11.8 Å². The van der Waals surface area contributed by atoms with Crippen LogP contribution in [0.5, 0.6) is 5.75 Å². The van der Waals surface area contributed by atoms with Gasteiger partial charge in [-0.05, 0) is 30.7 Å². The Bertz CT molecular complexity index is 373. The molecule has 2 unspecified atom stereocenters. The van der Waals surface area contributed by atoms with Crippen molar-refractivity contribution in [3.8, 4) is 5.75 Å². The Balaban J connectivity index is 2.67. The average Bonchev–Trinajstić information content (AvgIpc) is 2.50. The minimum absolute atomic E-state index is 0.259. The lowest BCUT2D eigenvalue weighted by Crippen LogP contribution is -2.25. The molecule has 4 heteroatoms. The first-order chi connectivity index (χ1) is 9.72. The topological polar surface area (TPSA) is 41.5 Å². The first kappa shape index (κ1) is 17.3. The highest BCUT2D eigenvalue weighted by atomic mass is 32.2. The van der Waals surface area contributed by atoms with E-state index in [-0.39, 0.29) is 6.61 Å². The number of hydrogen-bond acceptors (Lipinski definition) is 4. The molecule has 0 amide bonds. The summed E-state index contributed by atoms with van der Waals surface area (Å²) in [6.07, 6.45) is 1.11. The third-order valence-electron chi connectivity index (χ3n) is 3.15. The van der Waals surface area contributed by atoms with Gasteiger partial charge in [0.1, 0.15) is 5.75 Å². The molecule has 0 aliphatic rings. The molecule has 3 nitrogen and oxygen atoms in total. The fourth-order valence-electron chi connectivity index (χ4n) is 1.97. The second-order valence-corrected chi connectivity index (χ2v) is 6.15. The number of ether oxygens (including phenoxy) is 1. The molecule has 1 aromatic rings. The van der Waals surface area contributed by atoms with E-state index in [4.69, 9.17) is 9.84 Å². The lowest BCUT2D eigenvalue weighted by Gasteiger charge is -2.21. The molecule has 1 aromatic carbocycles. The molecule has 0 spiro atoms. The van der Waals surface area contributed by atoms with Crippen molar-refractivity contribution in [2.24, 2.45) is 5.92 Å². The van der Waals surface area contributed by atoms with E-state index in [1.807, 2.05) is 23.9 Å². The molecule has 0 saturated carbocycles. The number of methoxy groups -OCH3 is 1. The molecule has 0 bridgehead atoms. The lowest BCUT2D eigenvalue weighted by molar-refractivity contribution is 0.250. The molecule has 0 heterocycles. The molecule has 0 aliphatic heterocycles. The van der Waals surface area contributed by atoms with Crippen LogP contribution in [0.15, 0.2) is 24.3 Å². The van der Waals surface area contributed by atoms with Crippen molar-refractivity contribution in [1.82, 2.24) is 5.32 Å². The van der Waals surface area contributed by atoms with Crippen LogP contribution >= 0.6 is 11.8 Å². The van der Waals surface area contributed by atoms with Crippen LogP contribution in [-0.4, -0.2) is 36.9 Å². The molecule has 0 aliphatic carbocycles. The van der Waals surface area contributed by atoms with Crippen molar-refractivity contribution in [1.29, 1.82) is 0 Å². The largest absolute Gasteiger partial charge is 0.496 e. The normalized spacial score (nSPS) is 14.0. The van der Waals surface area contributed by atoms with Crippen molar-refractivity contribution < 1.29 is 9.84 Å². The fourth-order valence-corrected chi connectivity index (χ4v) is 3.15. The van der Waals surface area contributed by atoms with Crippen LogP contribution in [-0.2, 0) is 0 Å². The molecule has 0 radical (unpaired) electrons. The SMILES string of the molecule is CCCNC(CSCC(C)CO)c1ccccc1OC. The number of thioether (sulfide) groups is 1. The monoisotopic (exact) mass is 297 g/mol. The summed E-state index contributed by atoms with van der Waals surface area (Å²) in [4.78, 5) is 0. The van der Waals surface area contributed by atoms with E-state index in [2.05, 4.69) is 31.3 Å². The highest BCUT2D eigenvalue weighted by Crippen LogP contribution is 2.27. The Morgan fingerprint density at radius 3 is 2.70 bits per heavy atom. The predicted molar refractivity (Wildman–Crippen MR) is 87.6 cm³/mol. The van der Waals surface area contributed by atoms with Gasteiger partial charge in [0.25, 0.3) is 0 Å². The zero-order chi connectivity index (χ0) is 14.8. The van der Waals surface area contributed by atoms with E-state index in [1.54, 1.807) is 7.11 Å². The molecule has 2 N–H and O–H groups in total. The summed E-state index contributed by atoms with van der Waals surface area (Å²) in [5.74, 6) is 3.27. The third-order valence-corrected chi connectivity index (χ3v) is 4.53. The summed E-state index contributed by atoms with van der Waals surface area (Å²) in [5.41, 5.74) is 1.22. The van der Waals surface area contributed by atoms with E-state index < -0.39 is 0 Å². The number of aliphatic hydroxyl groups excluding tert-OH is 1. The van der Waals surface area contributed by atoms with Crippen molar-refractivity contribution in [2.75, 3.05) is 31.8 Å². The summed E-state index contributed by atoms with van der Waals surface area (Å²) in [6, 6.07) is 8.49. The second kappa shape index (κ2) is 10.1. The van der Waals surface area contributed by atoms with Crippen molar-refractivity contribution >= 4 is 11.8 Å². The second-order valence-electron chi connectivity index (χ2n) is 5.07. The smallest absolute Gasteiger partial charge is 0.123 e. The molecule has 114 valence electrons. The number of rotatable bonds is 10. The summed E-state index contributed by atoms with van der Waals surface area (Å²) >= 11 is 1.88. The summed E-state index contributed by atoms with van der Waals surface area (Å²) in [6.45, 7) is 5.51. The number of benzene rings is 1. The van der Waals surface area contributed by atoms with Gasteiger partial charge in [0.15, 0.2) is 0 Å². The molecule has 0 aromatic heterocycles. The van der Waals surface area contributed by atoms with Gasteiger partial charge in [0.2, 0.25) is 0 Å². The number of aliphatic hydroxyl groups is 1. The minimum atomic E-state index is 0.259. The first-order valence-corrected chi connectivity index (χ1v) is 8.43. The van der Waals surface area contributed by atoms with Crippen LogP contribution in [0, 0.1) is 5.92 Å². The summed E-state index contributed by atoms with van der Waals surface area (Å²) in [7, 11) is 1.72. The maximum absolute atomic E-state index is 9.09. The lowest BCUT2D eigenvalue weighted by atomic mass is 10.1. The van der Waals surface area contributed by atoms with Gasteiger partial charge in [-0.25, -0.2) is 0 Å². The number of nitrogens with one attached hydrogen (secondary N) is 1. The summed E-state index contributed by atoms with van der Waals surface area (Å²) < 4.78 is 5.47. The van der Waals surface area contributed by atoms with Gasteiger partial charge in [-0.3, -0.25) is 0 Å². The Kier molecular flexibility index (Phi) is 8.74. The van der Waals surface area contributed by atoms with Gasteiger partial charge in [0.05, 0.1) is 7.11 Å². The first-order valence-electron chi connectivity index (χ1n) is 7.27. The van der Waals surface area contributed by atoms with E-state index in [0.29, 0.717) is 12.0 Å². The molecular formula is C16H27NO2S. The van der Waals surface area contributed by atoms with Gasteiger partial charge < -0.3 is 15.2 Å². The van der Waals surface area contributed by atoms with Gasteiger partial charge in [-0.1, -0.05) is 32.0 Å². The van der Waals surface area contributed by atoms with Crippen LogP contribution in [0.1, 0.15) is 31.9 Å². The number of para-hydroxylation sites is 1. The zero-order valence-corrected chi connectivity index (χ0v) is 13.6. The Morgan fingerprint density at radius 1 is 1.30 bits per heavy atom. The summed E-state index contributed by atoms with van der Waals surface area (Å²) in [5, 5.41) is 12.7. The molecule has 20 heavy (non-hydrogen) atoms. The standard InChI is InChI=1S/C16H27NO2S/c1-4-9-17-15(12-20-11-13(2)10-18)14-7-5-6-8-16(14)19-3/h5-8,13,15,17-18H,4,9-12H2,1-3H3. The molecule has 2 atom stereocenters. The Labute approximate surface area is 127 Å². The molecule has 1 rings (SSSR count). The van der Waals surface area contributed by atoms with Crippen LogP contribution in [0.3, 0.4) is 0 Å². The Morgan fingerprint density at radius 2 is 2.05 bits per heavy atom. The van der Waals surface area contributed by atoms with Crippen LogP contribution < -0.4 is 10.1 Å². The van der Waals surface area contributed by atoms with E-state index in [9.17, 15) is 0 Å². The van der Waals surface area contributed by atoms with Crippen LogP contribution in [0.25, 0.3) is 0 Å². The van der Waals surface area contributed by atoms with Crippen LogP contribution in [0.4, 0.5) is 0 Å². The van der Waals surface area contributed by atoms with E-state index in [1.165, 1.54) is 5.56 Å². The van der Waals surface area contributed by atoms with Gasteiger partial charge in [-0.15, -0.1) is 0 Å². The fraction of sp³-hybridized carbons (Fsp3) is 0.625. The minimum Gasteiger partial charge on any atom is -0.496 e. The highest BCUT2D eigenvalue weighted by molar-refractivity contribution is 7.99. The van der Waals surface area contributed by atoms with Crippen LogP contribution in [0.2, 0.25) is 0 Å². The highest BCUT2D eigenvalue weighted by Gasteiger charge is 2.15. The molecule has 0 saturated heterocycles. The zero-order valence-electron chi connectivity index (χ0n) is 12.8. The van der Waals surface area contributed by atoms with E-state index in [0.717, 1.165) is 30.2 Å². The maximum Gasteiger partial charge on any atom is 0.123 e.